The molecular formula is C21H28N2. The van der Waals surface area contributed by atoms with E-state index in [1.165, 1.54) is 37.1 Å². The summed E-state index contributed by atoms with van der Waals surface area (Å²) in [6.07, 6.45) is 2.49. The number of nitrogens with one attached hydrogen (secondary N) is 1. The van der Waals surface area contributed by atoms with Gasteiger partial charge in [0, 0.05) is 18.0 Å². The number of likely N-dealkylation sites (tertiary alicyclic amines) is 1. The number of benzene rings is 2. The molecule has 2 aromatic carbocycles. The van der Waals surface area contributed by atoms with Crippen LogP contribution in [0, 0.1) is 0 Å². The number of hydrogen-bond donors (Lipinski definition) is 1. The molecule has 1 N–H and O–H groups in total. The molecule has 2 heteroatoms. The zero-order valence-corrected chi connectivity index (χ0v) is 14.3. The van der Waals surface area contributed by atoms with Crippen LogP contribution in [0.5, 0.6) is 0 Å². The van der Waals surface area contributed by atoms with Crippen molar-refractivity contribution in [2.45, 2.75) is 37.8 Å². The van der Waals surface area contributed by atoms with Crippen molar-refractivity contribution in [3.8, 4) is 0 Å². The molecule has 0 radical (unpaired) electrons. The van der Waals surface area contributed by atoms with Crippen LogP contribution in [0.15, 0.2) is 60.7 Å². The van der Waals surface area contributed by atoms with Crippen LogP contribution in [0.3, 0.4) is 0 Å². The molecular weight excluding hydrogens is 280 g/mol. The summed E-state index contributed by atoms with van der Waals surface area (Å²) in [5.74, 6) is 0.400. The third-order valence-electron chi connectivity index (χ3n) is 5.03. The fourth-order valence-corrected chi connectivity index (χ4v) is 3.73. The summed E-state index contributed by atoms with van der Waals surface area (Å²) in [7, 11) is 2.22. The van der Waals surface area contributed by atoms with E-state index in [-0.39, 0.29) is 0 Å². The molecule has 1 aliphatic heterocycles. The molecule has 1 saturated heterocycles. The minimum Gasteiger partial charge on any atom is -0.310 e. The normalized spacial score (nSPS) is 18.2. The molecule has 23 heavy (non-hydrogen) atoms. The van der Waals surface area contributed by atoms with Gasteiger partial charge in [0.1, 0.15) is 0 Å². The summed E-state index contributed by atoms with van der Waals surface area (Å²) in [4.78, 5) is 2.43. The van der Waals surface area contributed by atoms with Gasteiger partial charge in [0.2, 0.25) is 0 Å². The minimum atomic E-state index is 0.400. The highest BCUT2D eigenvalue weighted by atomic mass is 15.1. The summed E-state index contributed by atoms with van der Waals surface area (Å²) in [5, 5.41) is 3.91. The van der Waals surface area contributed by atoms with Gasteiger partial charge in [-0.3, -0.25) is 0 Å². The lowest BCUT2D eigenvalue weighted by molar-refractivity contribution is 0.223. The average molecular weight is 308 g/mol. The molecule has 122 valence electrons. The fraction of sp³-hybridized carbons (Fsp3) is 0.429. The van der Waals surface area contributed by atoms with Crippen LogP contribution in [-0.4, -0.2) is 37.1 Å². The number of hydrogen-bond acceptors (Lipinski definition) is 2. The third-order valence-corrected chi connectivity index (χ3v) is 5.03. The lowest BCUT2D eigenvalue weighted by Gasteiger charge is -2.34. The van der Waals surface area contributed by atoms with Gasteiger partial charge in [0.05, 0.1) is 0 Å². The molecule has 1 unspecified atom stereocenters. The number of rotatable bonds is 5. The molecule has 1 aliphatic rings. The Hall–Kier alpha value is -1.64. The summed E-state index contributed by atoms with van der Waals surface area (Å²) in [5.41, 5.74) is 2.79. The van der Waals surface area contributed by atoms with Crippen molar-refractivity contribution in [2.24, 2.45) is 0 Å². The van der Waals surface area contributed by atoms with Crippen LogP contribution in [0.1, 0.15) is 36.8 Å². The molecule has 2 nitrogen and oxygen atoms in total. The van der Waals surface area contributed by atoms with E-state index in [4.69, 9.17) is 0 Å². The summed E-state index contributed by atoms with van der Waals surface area (Å²) >= 11 is 0. The number of piperidine rings is 1. The van der Waals surface area contributed by atoms with Gasteiger partial charge in [0.15, 0.2) is 0 Å². The minimum absolute atomic E-state index is 0.400. The predicted octanol–water partition coefficient (Wildman–Crippen LogP) is 3.89. The summed E-state index contributed by atoms with van der Waals surface area (Å²) < 4.78 is 0. The highest BCUT2D eigenvalue weighted by Gasteiger charge is 2.25. The van der Waals surface area contributed by atoms with Crippen molar-refractivity contribution in [3.05, 3.63) is 71.8 Å². The van der Waals surface area contributed by atoms with Gasteiger partial charge in [-0.15, -0.1) is 0 Å². The van der Waals surface area contributed by atoms with Crippen LogP contribution < -0.4 is 5.32 Å². The molecule has 0 bridgehead atoms. The van der Waals surface area contributed by atoms with Gasteiger partial charge < -0.3 is 10.2 Å². The first kappa shape index (κ1) is 16.2. The van der Waals surface area contributed by atoms with Gasteiger partial charge >= 0.3 is 0 Å². The Morgan fingerprint density at radius 3 is 1.83 bits per heavy atom. The van der Waals surface area contributed by atoms with Crippen molar-refractivity contribution < 1.29 is 0 Å². The Labute approximate surface area is 140 Å². The van der Waals surface area contributed by atoms with E-state index in [0.717, 1.165) is 0 Å². The SMILES string of the molecule is CC(NC1CCN(C)CC1)C(c1ccccc1)c1ccccc1. The summed E-state index contributed by atoms with van der Waals surface area (Å²) in [6, 6.07) is 22.9. The molecule has 0 aliphatic carbocycles. The molecule has 0 saturated carbocycles. The van der Waals surface area contributed by atoms with E-state index in [2.05, 4.69) is 84.9 Å². The van der Waals surface area contributed by atoms with Gasteiger partial charge in [-0.25, -0.2) is 0 Å². The Kier molecular flexibility index (Phi) is 5.47. The van der Waals surface area contributed by atoms with E-state index in [1.54, 1.807) is 0 Å². The Morgan fingerprint density at radius 1 is 0.870 bits per heavy atom. The highest BCUT2D eigenvalue weighted by molar-refractivity contribution is 5.34. The highest BCUT2D eigenvalue weighted by Crippen LogP contribution is 2.28. The smallest absolute Gasteiger partial charge is 0.0240 e. The van der Waals surface area contributed by atoms with Crippen LogP contribution in [0.4, 0.5) is 0 Å². The van der Waals surface area contributed by atoms with Crippen LogP contribution in [0.25, 0.3) is 0 Å². The first-order valence-corrected chi connectivity index (χ1v) is 8.78. The zero-order valence-electron chi connectivity index (χ0n) is 14.3. The second-order valence-corrected chi connectivity index (χ2v) is 6.83. The zero-order chi connectivity index (χ0) is 16.1. The fourth-order valence-electron chi connectivity index (χ4n) is 3.73. The lowest BCUT2D eigenvalue weighted by Crippen LogP contribution is -2.46. The van der Waals surface area contributed by atoms with E-state index in [0.29, 0.717) is 18.0 Å². The Morgan fingerprint density at radius 2 is 1.35 bits per heavy atom. The second kappa shape index (κ2) is 7.76. The van der Waals surface area contributed by atoms with Gasteiger partial charge in [-0.2, -0.15) is 0 Å². The topological polar surface area (TPSA) is 15.3 Å². The molecule has 1 heterocycles. The van der Waals surface area contributed by atoms with Crippen LogP contribution in [0.2, 0.25) is 0 Å². The van der Waals surface area contributed by atoms with Crippen molar-refractivity contribution >= 4 is 0 Å². The van der Waals surface area contributed by atoms with Gasteiger partial charge in [-0.05, 0) is 51.0 Å². The lowest BCUT2D eigenvalue weighted by atomic mass is 9.85. The maximum absolute atomic E-state index is 3.91. The Balaban J connectivity index is 1.78. The largest absolute Gasteiger partial charge is 0.310 e. The van der Waals surface area contributed by atoms with Crippen molar-refractivity contribution in [3.63, 3.8) is 0 Å². The van der Waals surface area contributed by atoms with Crippen LogP contribution >= 0.6 is 0 Å². The van der Waals surface area contributed by atoms with E-state index in [1.807, 2.05) is 0 Å². The quantitative estimate of drug-likeness (QED) is 0.901. The summed E-state index contributed by atoms with van der Waals surface area (Å²) in [6.45, 7) is 4.74. The van der Waals surface area contributed by atoms with Gasteiger partial charge in [0.25, 0.3) is 0 Å². The maximum atomic E-state index is 3.91. The first-order chi connectivity index (χ1) is 11.2. The van der Waals surface area contributed by atoms with E-state index < -0.39 is 0 Å². The standard InChI is InChI=1S/C21H28N2/c1-17(22-20-13-15-23(2)16-14-20)21(18-9-5-3-6-10-18)19-11-7-4-8-12-19/h3-12,17,20-22H,13-16H2,1-2H3. The molecule has 0 spiro atoms. The molecule has 1 fully saturated rings. The molecule has 1 atom stereocenters. The van der Waals surface area contributed by atoms with Gasteiger partial charge in [-0.1, -0.05) is 60.7 Å². The van der Waals surface area contributed by atoms with Crippen molar-refractivity contribution in [2.75, 3.05) is 20.1 Å². The second-order valence-electron chi connectivity index (χ2n) is 6.83. The van der Waals surface area contributed by atoms with Crippen molar-refractivity contribution in [1.29, 1.82) is 0 Å². The molecule has 2 aromatic rings. The first-order valence-electron chi connectivity index (χ1n) is 8.78. The molecule has 0 aromatic heterocycles. The molecule has 3 rings (SSSR count). The van der Waals surface area contributed by atoms with E-state index in [9.17, 15) is 0 Å². The number of nitrogens with zero attached hydrogens (tertiary/aromatic N) is 1. The van der Waals surface area contributed by atoms with E-state index >= 15 is 0 Å². The van der Waals surface area contributed by atoms with Crippen molar-refractivity contribution in [1.82, 2.24) is 10.2 Å². The monoisotopic (exact) mass is 308 g/mol. The average Bonchev–Trinajstić information content (AvgIpc) is 2.59. The maximum Gasteiger partial charge on any atom is 0.0240 e. The Bertz CT molecular complexity index is 534. The van der Waals surface area contributed by atoms with Crippen LogP contribution in [-0.2, 0) is 0 Å². The predicted molar refractivity (Wildman–Crippen MR) is 97.8 cm³/mol. The molecule has 0 amide bonds. The third kappa shape index (κ3) is 4.21.